The first-order chi connectivity index (χ1) is 9.67. The van der Waals surface area contributed by atoms with E-state index in [2.05, 4.69) is 20.9 Å². The van der Waals surface area contributed by atoms with Crippen LogP contribution in [0.15, 0.2) is 34.1 Å². The summed E-state index contributed by atoms with van der Waals surface area (Å²) in [6.45, 7) is 0.607. The highest BCUT2D eigenvalue weighted by molar-refractivity contribution is 9.10. The van der Waals surface area contributed by atoms with Gasteiger partial charge in [0.05, 0.1) is 5.69 Å². The van der Waals surface area contributed by atoms with Gasteiger partial charge in [-0.25, -0.2) is 4.98 Å². The van der Waals surface area contributed by atoms with Gasteiger partial charge in [-0.05, 0) is 12.1 Å². The van der Waals surface area contributed by atoms with Crippen LogP contribution >= 0.6 is 27.3 Å². The number of amides is 1. The maximum absolute atomic E-state index is 11.9. The molecule has 20 heavy (non-hydrogen) atoms. The van der Waals surface area contributed by atoms with Gasteiger partial charge in [0.25, 0.3) is 0 Å². The topological polar surface area (TPSA) is 53.4 Å². The molecule has 0 saturated carbocycles. The fourth-order valence-electron chi connectivity index (χ4n) is 2.23. The van der Waals surface area contributed by atoms with Crippen molar-refractivity contribution in [1.82, 2.24) is 4.98 Å². The number of hydrogen-bond donors (Lipinski definition) is 1. The Morgan fingerprint density at radius 1 is 1.40 bits per heavy atom. The summed E-state index contributed by atoms with van der Waals surface area (Å²) in [7, 11) is 0. The molecule has 4 nitrogen and oxygen atoms in total. The molecule has 1 fully saturated rings. The minimum Gasteiger partial charge on any atom is -0.396 e. The van der Waals surface area contributed by atoms with Crippen molar-refractivity contribution >= 4 is 38.3 Å². The fourth-order valence-corrected chi connectivity index (χ4v) is 3.36. The van der Waals surface area contributed by atoms with Crippen LogP contribution in [0.1, 0.15) is 6.42 Å². The van der Waals surface area contributed by atoms with E-state index in [1.165, 1.54) is 11.3 Å². The predicted molar refractivity (Wildman–Crippen MR) is 82.8 cm³/mol. The number of hydrogen-bond acceptors (Lipinski definition) is 4. The number of thiazole rings is 1. The van der Waals surface area contributed by atoms with Crippen LogP contribution in [0.4, 0.5) is 5.13 Å². The molecule has 0 aliphatic carbocycles. The first-order valence-electron chi connectivity index (χ1n) is 6.30. The number of nitrogens with zero attached hydrogens (tertiary/aromatic N) is 2. The second-order valence-electron chi connectivity index (χ2n) is 4.78. The van der Waals surface area contributed by atoms with Crippen molar-refractivity contribution < 1.29 is 9.90 Å². The Morgan fingerprint density at radius 2 is 2.15 bits per heavy atom. The lowest BCUT2D eigenvalue weighted by Gasteiger charge is -2.11. The van der Waals surface area contributed by atoms with Gasteiger partial charge < -0.3 is 5.11 Å². The smallest absolute Gasteiger partial charge is 0.229 e. The van der Waals surface area contributed by atoms with Gasteiger partial charge in [-0.15, -0.1) is 11.3 Å². The van der Waals surface area contributed by atoms with Crippen molar-refractivity contribution in [3.8, 4) is 11.3 Å². The van der Waals surface area contributed by atoms with Gasteiger partial charge in [-0.1, -0.05) is 28.1 Å². The number of anilines is 1. The van der Waals surface area contributed by atoms with Gasteiger partial charge in [0.2, 0.25) is 5.91 Å². The number of aliphatic hydroxyl groups excluding tert-OH is 1. The maximum Gasteiger partial charge on any atom is 0.229 e. The second-order valence-corrected chi connectivity index (χ2v) is 6.53. The lowest BCUT2D eigenvalue weighted by Crippen LogP contribution is -2.24. The van der Waals surface area contributed by atoms with Crippen LogP contribution in [0.3, 0.4) is 0 Å². The molecule has 2 heterocycles. The van der Waals surface area contributed by atoms with E-state index in [1.807, 2.05) is 29.6 Å². The third-order valence-corrected chi connectivity index (χ3v) is 4.72. The first kappa shape index (κ1) is 13.7. The summed E-state index contributed by atoms with van der Waals surface area (Å²) in [5, 5.41) is 11.8. The highest BCUT2D eigenvalue weighted by atomic mass is 79.9. The lowest BCUT2D eigenvalue weighted by molar-refractivity contribution is -0.117. The van der Waals surface area contributed by atoms with E-state index >= 15 is 0 Å². The molecule has 0 bridgehead atoms. The molecular formula is C14H13BrN2O2S. The van der Waals surface area contributed by atoms with Gasteiger partial charge in [0.1, 0.15) is 0 Å². The molecule has 1 amide bonds. The number of carbonyl (C=O) groups is 1. The van der Waals surface area contributed by atoms with Crippen molar-refractivity contribution in [2.45, 2.75) is 6.42 Å². The van der Waals surface area contributed by atoms with Crippen LogP contribution in [0.5, 0.6) is 0 Å². The van der Waals surface area contributed by atoms with Crippen LogP contribution < -0.4 is 4.90 Å². The SMILES string of the molecule is O=C1CC(CO)CN1c1nc(-c2ccc(Br)cc2)cs1. The molecule has 1 aliphatic rings. The molecule has 1 unspecified atom stereocenters. The van der Waals surface area contributed by atoms with Crippen molar-refractivity contribution in [3.05, 3.63) is 34.1 Å². The van der Waals surface area contributed by atoms with Gasteiger partial charge in [0, 0.05) is 40.9 Å². The minimum atomic E-state index is 0.0301. The quantitative estimate of drug-likeness (QED) is 0.923. The summed E-state index contributed by atoms with van der Waals surface area (Å²) in [6, 6.07) is 7.92. The molecule has 104 valence electrons. The number of aromatic nitrogens is 1. The monoisotopic (exact) mass is 352 g/mol. The van der Waals surface area contributed by atoms with Crippen LogP contribution in [0, 0.1) is 5.92 Å². The minimum absolute atomic E-state index is 0.0301. The molecule has 1 N–H and O–H groups in total. The number of rotatable bonds is 3. The Hall–Kier alpha value is -1.24. The molecule has 2 aromatic rings. The van der Waals surface area contributed by atoms with Crippen molar-refractivity contribution in [2.24, 2.45) is 5.92 Å². The van der Waals surface area contributed by atoms with Crippen molar-refractivity contribution in [1.29, 1.82) is 0 Å². The molecule has 0 radical (unpaired) electrons. The molecule has 1 aromatic heterocycles. The van der Waals surface area contributed by atoms with Gasteiger partial charge >= 0.3 is 0 Å². The Kier molecular flexibility index (Phi) is 3.87. The zero-order valence-electron chi connectivity index (χ0n) is 10.6. The zero-order valence-corrected chi connectivity index (χ0v) is 13.0. The van der Waals surface area contributed by atoms with E-state index < -0.39 is 0 Å². The number of halogens is 1. The van der Waals surface area contributed by atoms with E-state index in [1.54, 1.807) is 4.90 Å². The number of aliphatic hydroxyl groups is 1. The van der Waals surface area contributed by atoms with Crippen molar-refractivity contribution in [3.63, 3.8) is 0 Å². The molecule has 0 spiro atoms. The van der Waals surface area contributed by atoms with E-state index in [4.69, 9.17) is 5.11 Å². The highest BCUT2D eigenvalue weighted by Gasteiger charge is 2.31. The summed E-state index contributed by atoms with van der Waals surface area (Å²) in [5.41, 5.74) is 1.90. The molecule has 1 atom stereocenters. The Balaban J connectivity index is 1.83. The van der Waals surface area contributed by atoms with E-state index in [0.29, 0.717) is 18.1 Å². The second kappa shape index (κ2) is 5.63. The Bertz CT molecular complexity index is 626. The average molecular weight is 353 g/mol. The maximum atomic E-state index is 11.9. The molecule has 6 heteroatoms. The zero-order chi connectivity index (χ0) is 14.1. The van der Waals surface area contributed by atoms with E-state index in [9.17, 15) is 4.79 Å². The van der Waals surface area contributed by atoms with Gasteiger partial charge in [-0.3, -0.25) is 9.69 Å². The van der Waals surface area contributed by atoms with Gasteiger partial charge in [-0.2, -0.15) is 0 Å². The third kappa shape index (κ3) is 2.63. The summed E-state index contributed by atoms with van der Waals surface area (Å²) < 4.78 is 1.03. The Labute approximate surface area is 129 Å². The highest BCUT2D eigenvalue weighted by Crippen LogP contribution is 2.31. The van der Waals surface area contributed by atoms with Crippen LogP contribution in [-0.2, 0) is 4.79 Å². The molecule has 1 aromatic carbocycles. The average Bonchev–Trinajstić information content (AvgIpc) is 3.06. The van der Waals surface area contributed by atoms with Crippen LogP contribution in [0.25, 0.3) is 11.3 Å². The normalized spacial score (nSPS) is 18.8. The molecule has 3 rings (SSSR count). The van der Waals surface area contributed by atoms with Gasteiger partial charge in [0.15, 0.2) is 5.13 Å². The first-order valence-corrected chi connectivity index (χ1v) is 7.97. The third-order valence-electron chi connectivity index (χ3n) is 3.33. The standard InChI is InChI=1S/C14H13BrN2O2S/c15-11-3-1-10(2-4-11)12-8-20-14(16-12)17-6-9(7-18)5-13(17)19/h1-4,8-9,18H,5-7H2. The Morgan fingerprint density at radius 3 is 2.80 bits per heavy atom. The molecule has 1 aliphatic heterocycles. The van der Waals surface area contributed by atoms with Crippen LogP contribution in [-0.4, -0.2) is 29.1 Å². The molecule has 1 saturated heterocycles. The number of benzene rings is 1. The molecular weight excluding hydrogens is 340 g/mol. The van der Waals surface area contributed by atoms with Crippen molar-refractivity contribution in [2.75, 3.05) is 18.1 Å². The predicted octanol–water partition coefficient (Wildman–Crippen LogP) is 2.92. The van der Waals surface area contributed by atoms with E-state index in [-0.39, 0.29) is 18.4 Å². The van der Waals surface area contributed by atoms with Crippen LogP contribution in [0.2, 0.25) is 0 Å². The summed E-state index contributed by atoms with van der Waals surface area (Å²) in [6.07, 6.45) is 0.406. The summed E-state index contributed by atoms with van der Waals surface area (Å²) in [5.74, 6) is 0.0725. The fraction of sp³-hybridized carbons (Fsp3) is 0.286. The largest absolute Gasteiger partial charge is 0.396 e. The summed E-state index contributed by atoms with van der Waals surface area (Å²) >= 11 is 4.87. The number of carbonyl (C=O) groups excluding carboxylic acids is 1. The van der Waals surface area contributed by atoms with E-state index in [0.717, 1.165) is 15.7 Å². The summed E-state index contributed by atoms with van der Waals surface area (Å²) in [4.78, 5) is 18.1. The lowest BCUT2D eigenvalue weighted by atomic mass is 10.1.